The molecule has 0 amide bonds. The summed E-state index contributed by atoms with van der Waals surface area (Å²) >= 11 is 0. The van der Waals surface area contributed by atoms with E-state index < -0.39 is 0 Å². The maximum absolute atomic E-state index is 12.0. The maximum Gasteiger partial charge on any atom is 0.312 e. The van der Waals surface area contributed by atoms with Gasteiger partial charge in [-0.3, -0.25) is 4.79 Å². The van der Waals surface area contributed by atoms with Crippen LogP contribution in [0, 0.1) is 16.7 Å². The Hall–Kier alpha value is -0.530. The van der Waals surface area contributed by atoms with Crippen LogP contribution in [-0.2, 0) is 9.53 Å². The third-order valence-electron chi connectivity index (χ3n) is 4.63. The van der Waals surface area contributed by atoms with Crippen molar-refractivity contribution in [3.05, 3.63) is 0 Å². The molecule has 3 aliphatic carbocycles. The summed E-state index contributed by atoms with van der Waals surface area (Å²) in [6, 6.07) is 0. The van der Waals surface area contributed by atoms with Crippen LogP contribution in [0.1, 0.15) is 52.9 Å². The molecule has 3 fully saturated rings. The van der Waals surface area contributed by atoms with E-state index in [4.69, 9.17) is 4.74 Å². The molecule has 3 saturated carbocycles. The summed E-state index contributed by atoms with van der Waals surface area (Å²) in [5.74, 6) is 0.610. The fourth-order valence-corrected chi connectivity index (χ4v) is 3.69. The van der Waals surface area contributed by atoms with Crippen molar-refractivity contribution in [2.45, 2.75) is 52.9 Å². The summed E-state index contributed by atoms with van der Waals surface area (Å²) < 4.78 is 5.24. The molecule has 1 unspecified atom stereocenters. The predicted molar refractivity (Wildman–Crippen MR) is 59.4 cm³/mol. The molecule has 3 aliphatic rings. The standard InChI is InChI=1S/C13H22O2/c1-4-15-11(14)13(3)9-12(2)7-5-10(13)6-8-12/h10H,4-9H2,1-3H3. The Morgan fingerprint density at radius 1 is 1.33 bits per heavy atom. The lowest BCUT2D eigenvalue weighted by Crippen LogP contribution is -2.49. The molecule has 2 bridgehead atoms. The Morgan fingerprint density at radius 2 is 1.93 bits per heavy atom. The molecule has 3 rings (SSSR count). The van der Waals surface area contributed by atoms with Gasteiger partial charge in [-0.25, -0.2) is 0 Å². The molecule has 0 saturated heterocycles. The molecule has 0 aromatic heterocycles. The second-order valence-electron chi connectivity index (χ2n) is 5.90. The summed E-state index contributed by atoms with van der Waals surface area (Å²) in [7, 11) is 0. The van der Waals surface area contributed by atoms with E-state index in [1.165, 1.54) is 25.7 Å². The number of fused-ring (bicyclic) bond motifs is 3. The largest absolute Gasteiger partial charge is 0.466 e. The fourth-order valence-electron chi connectivity index (χ4n) is 3.69. The van der Waals surface area contributed by atoms with Gasteiger partial charge in [0.2, 0.25) is 0 Å². The van der Waals surface area contributed by atoms with Crippen LogP contribution in [0.15, 0.2) is 0 Å². The Morgan fingerprint density at radius 3 is 2.40 bits per heavy atom. The average Bonchev–Trinajstić information content (AvgIpc) is 2.18. The van der Waals surface area contributed by atoms with Gasteiger partial charge in [-0.15, -0.1) is 0 Å². The van der Waals surface area contributed by atoms with Gasteiger partial charge in [-0.1, -0.05) is 6.92 Å². The number of hydrogen-bond donors (Lipinski definition) is 0. The van der Waals surface area contributed by atoms with Gasteiger partial charge < -0.3 is 4.74 Å². The highest BCUT2D eigenvalue weighted by Gasteiger charge is 2.54. The van der Waals surface area contributed by atoms with Crippen LogP contribution in [0.25, 0.3) is 0 Å². The van der Waals surface area contributed by atoms with Crippen molar-refractivity contribution in [3.63, 3.8) is 0 Å². The van der Waals surface area contributed by atoms with Crippen LogP contribution in [0.5, 0.6) is 0 Å². The maximum atomic E-state index is 12.0. The van der Waals surface area contributed by atoms with Crippen molar-refractivity contribution < 1.29 is 9.53 Å². The summed E-state index contributed by atoms with van der Waals surface area (Å²) in [5.41, 5.74) is 0.206. The first-order valence-corrected chi connectivity index (χ1v) is 6.17. The van der Waals surface area contributed by atoms with E-state index in [2.05, 4.69) is 13.8 Å². The summed E-state index contributed by atoms with van der Waals surface area (Å²) in [5, 5.41) is 0. The molecule has 0 radical (unpaired) electrons. The van der Waals surface area contributed by atoms with E-state index in [9.17, 15) is 4.79 Å². The summed E-state index contributed by atoms with van der Waals surface area (Å²) in [6.07, 6.45) is 6.06. The Labute approximate surface area is 92.4 Å². The molecular weight excluding hydrogens is 188 g/mol. The quantitative estimate of drug-likeness (QED) is 0.654. The number of carbonyl (C=O) groups excluding carboxylic acids is 1. The van der Waals surface area contributed by atoms with Gasteiger partial charge in [-0.2, -0.15) is 0 Å². The van der Waals surface area contributed by atoms with Crippen LogP contribution in [0.2, 0.25) is 0 Å². The molecule has 0 aromatic rings. The minimum absolute atomic E-state index is 0.0422. The SMILES string of the molecule is CCOC(=O)C1(C)CC2(C)CCC1CC2. The molecule has 2 heteroatoms. The smallest absolute Gasteiger partial charge is 0.312 e. The zero-order valence-corrected chi connectivity index (χ0v) is 10.1. The van der Waals surface area contributed by atoms with Crippen molar-refractivity contribution in [3.8, 4) is 0 Å². The van der Waals surface area contributed by atoms with Crippen molar-refractivity contribution in [1.82, 2.24) is 0 Å². The topological polar surface area (TPSA) is 26.3 Å². The van der Waals surface area contributed by atoms with Crippen LogP contribution in [0.3, 0.4) is 0 Å². The Kier molecular flexibility index (Phi) is 2.56. The van der Waals surface area contributed by atoms with E-state index in [1.54, 1.807) is 0 Å². The minimum Gasteiger partial charge on any atom is -0.466 e. The first-order chi connectivity index (χ1) is 7.00. The molecule has 0 aromatic carbocycles. The van der Waals surface area contributed by atoms with Gasteiger partial charge in [-0.05, 0) is 57.3 Å². The fraction of sp³-hybridized carbons (Fsp3) is 0.923. The third-order valence-corrected chi connectivity index (χ3v) is 4.63. The number of rotatable bonds is 2. The molecule has 2 nitrogen and oxygen atoms in total. The van der Waals surface area contributed by atoms with Gasteiger partial charge in [0.25, 0.3) is 0 Å². The first-order valence-electron chi connectivity index (χ1n) is 6.17. The molecule has 1 atom stereocenters. The lowest BCUT2D eigenvalue weighted by atomic mass is 9.51. The highest BCUT2D eigenvalue weighted by molar-refractivity contribution is 5.77. The molecule has 86 valence electrons. The average molecular weight is 210 g/mol. The van der Waals surface area contributed by atoms with Gasteiger partial charge >= 0.3 is 5.97 Å². The lowest BCUT2D eigenvalue weighted by molar-refractivity contribution is -0.169. The van der Waals surface area contributed by atoms with Crippen molar-refractivity contribution >= 4 is 5.97 Å². The molecule has 0 N–H and O–H groups in total. The van der Waals surface area contributed by atoms with Gasteiger partial charge in [0.1, 0.15) is 0 Å². The highest BCUT2D eigenvalue weighted by atomic mass is 16.5. The van der Waals surface area contributed by atoms with Crippen LogP contribution in [-0.4, -0.2) is 12.6 Å². The van der Waals surface area contributed by atoms with Crippen molar-refractivity contribution in [1.29, 1.82) is 0 Å². The molecule has 0 spiro atoms. The number of ether oxygens (including phenoxy) is 1. The molecule has 15 heavy (non-hydrogen) atoms. The predicted octanol–water partition coefficient (Wildman–Crippen LogP) is 3.16. The van der Waals surface area contributed by atoms with E-state index in [1.807, 2.05) is 6.92 Å². The van der Waals surface area contributed by atoms with Crippen LogP contribution >= 0.6 is 0 Å². The summed E-state index contributed by atoms with van der Waals surface area (Å²) in [6.45, 7) is 6.86. The highest BCUT2D eigenvalue weighted by Crippen LogP contribution is 2.58. The van der Waals surface area contributed by atoms with Crippen molar-refractivity contribution in [2.24, 2.45) is 16.7 Å². The van der Waals surface area contributed by atoms with Crippen LogP contribution < -0.4 is 0 Å². The van der Waals surface area contributed by atoms with Crippen molar-refractivity contribution in [2.75, 3.05) is 6.61 Å². The third kappa shape index (κ3) is 1.68. The van der Waals surface area contributed by atoms with Gasteiger partial charge in [0, 0.05) is 0 Å². The first kappa shape index (κ1) is 11.0. The Balaban J connectivity index is 2.18. The minimum atomic E-state index is -0.193. The normalized spacial score (nSPS) is 44.1. The van der Waals surface area contributed by atoms with E-state index >= 15 is 0 Å². The van der Waals surface area contributed by atoms with E-state index in [-0.39, 0.29) is 11.4 Å². The van der Waals surface area contributed by atoms with Gasteiger partial charge in [0.15, 0.2) is 0 Å². The van der Waals surface area contributed by atoms with Gasteiger partial charge in [0.05, 0.1) is 12.0 Å². The second kappa shape index (κ2) is 3.50. The van der Waals surface area contributed by atoms with E-state index in [0.717, 1.165) is 6.42 Å². The second-order valence-corrected chi connectivity index (χ2v) is 5.90. The number of carbonyl (C=O) groups is 1. The number of esters is 1. The zero-order valence-electron chi connectivity index (χ0n) is 10.1. The Bertz CT molecular complexity index is 264. The molecular formula is C13H22O2. The monoisotopic (exact) mass is 210 g/mol. The number of hydrogen-bond acceptors (Lipinski definition) is 2. The van der Waals surface area contributed by atoms with Crippen LogP contribution in [0.4, 0.5) is 0 Å². The summed E-state index contributed by atoms with van der Waals surface area (Å²) in [4.78, 5) is 12.0. The van der Waals surface area contributed by atoms with E-state index in [0.29, 0.717) is 17.9 Å². The lowest BCUT2D eigenvalue weighted by Gasteiger charge is -2.53. The molecule has 0 aliphatic heterocycles. The zero-order chi connectivity index (χ0) is 11.1. The molecule has 0 heterocycles.